The molecule has 0 bridgehead atoms. The molecule has 6 N–H and O–H groups in total. The predicted octanol–water partition coefficient (Wildman–Crippen LogP) is 1.04. The van der Waals surface area contributed by atoms with Crippen molar-refractivity contribution < 1.29 is 35.4 Å². The Bertz CT molecular complexity index is 728. The largest absolute Gasteiger partial charge is 0.508 e. The second kappa shape index (κ2) is 4.97. The Kier molecular flexibility index (Phi) is 3.23. The minimum atomic E-state index is -1.44. The minimum Gasteiger partial charge on any atom is -0.508 e. The maximum atomic E-state index is 10.2. The van der Waals surface area contributed by atoms with Gasteiger partial charge in [-0.15, -0.1) is 0 Å². The predicted molar refractivity (Wildman–Crippen MR) is 73.9 cm³/mol. The first-order chi connectivity index (χ1) is 10.4. The van der Waals surface area contributed by atoms with Crippen molar-refractivity contribution in [2.45, 2.75) is 18.3 Å². The molecule has 0 radical (unpaired) electrons. The third-order valence-corrected chi connectivity index (χ3v) is 3.62. The Balaban J connectivity index is 2.06. The van der Waals surface area contributed by atoms with Crippen LogP contribution in [0.5, 0.6) is 28.7 Å². The van der Waals surface area contributed by atoms with E-state index in [-0.39, 0.29) is 22.8 Å². The van der Waals surface area contributed by atoms with E-state index in [0.29, 0.717) is 5.56 Å². The number of aromatic hydroxyl groups is 4. The smallest absolute Gasteiger partial charge is 0.157 e. The maximum absolute atomic E-state index is 10.2. The van der Waals surface area contributed by atoms with Crippen LogP contribution in [0.25, 0.3) is 0 Å². The lowest BCUT2D eigenvalue weighted by molar-refractivity contribution is -0.0711. The molecule has 0 fully saturated rings. The van der Waals surface area contributed by atoms with Crippen molar-refractivity contribution in [2.75, 3.05) is 0 Å². The van der Waals surface area contributed by atoms with Gasteiger partial charge in [0.25, 0.3) is 0 Å². The number of rotatable bonds is 1. The molecule has 0 spiro atoms. The lowest BCUT2D eigenvalue weighted by Gasteiger charge is -2.34. The number of hydrogen-bond acceptors (Lipinski definition) is 7. The van der Waals surface area contributed by atoms with Gasteiger partial charge in [0.15, 0.2) is 17.6 Å². The van der Waals surface area contributed by atoms with Crippen LogP contribution in [0.15, 0.2) is 30.3 Å². The molecule has 2 aromatic carbocycles. The van der Waals surface area contributed by atoms with Crippen LogP contribution in [-0.4, -0.2) is 36.7 Å². The molecule has 0 aromatic heterocycles. The highest BCUT2D eigenvalue weighted by Gasteiger charge is 2.39. The summed E-state index contributed by atoms with van der Waals surface area (Å²) in [5, 5.41) is 58.5. The fraction of sp³-hybridized carbons (Fsp3) is 0.200. The Morgan fingerprint density at radius 1 is 0.818 bits per heavy atom. The summed E-state index contributed by atoms with van der Waals surface area (Å²) < 4.78 is 5.53. The number of aliphatic hydroxyl groups is 2. The molecule has 2 aromatic rings. The molecule has 7 heteroatoms. The Morgan fingerprint density at radius 3 is 2.23 bits per heavy atom. The second-order valence-corrected chi connectivity index (χ2v) is 5.10. The average molecular weight is 306 g/mol. The van der Waals surface area contributed by atoms with Gasteiger partial charge in [0, 0.05) is 12.1 Å². The summed E-state index contributed by atoms with van der Waals surface area (Å²) in [6.45, 7) is 0. The number of hydrogen-bond donors (Lipinski definition) is 6. The maximum Gasteiger partial charge on any atom is 0.157 e. The summed E-state index contributed by atoms with van der Waals surface area (Å²) in [6, 6.07) is 6.08. The number of ether oxygens (including phenoxy) is 1. The average Bonchev–Trinajstić information content (AvgIpc) is 2.45. The third kappa shape index (κ3) is 2.16. The van der Waals surface area contributed by atoms with Gasteiger partial charge in [0.2, 0.25) is 0 Å². The van der Waals surface area contributed by atoms with Gasteiger partial charge in [-0.1, -0.05) is 6.07 Å². The summed E-state index contributed by atoms with van der Waals surface area (Å²) >= 11 is 0. The first-order valence-corrected chi connectivity index (χ1v) is 6.49. The molecule has 0 saturated heterocycles. The van der Waals surface area contributed by atoms with E-state index < -0.39 is 29.8 Å². The van der Waals surface area contributed by atoms with Crippen LogP contribution in [0.3, 0.4) is 0 Å². The molecular weight excluding hydrogens is 292 g/mol. The molecule has 1 aliphatic heterocycles. The zero-order chi connectivity index (χ0) is 16.0. The highest BCUT2D eigenvalue weighted by Crippen LogP contribution is 2.47. The Hall–Kier alpha value is -2.64. The highest BCUT2D eigenvalue weighted by atomic mass is 16.5. The van der Waals surface area contributed by atoms with E-state index in [0.717, 1.165) is 6.07 Å². The monoisotopic (exact) mass is 306 g/mol. The normalized spacial score (nSPS) is 23.6. The minimum absolute atomic E-state index is 0.0212. The quantitative estimate of drug-likeness (QED) is 0.434. The molecule has 3 rings (SSSR count). The van der Waals surface area contributed by atoms with E-state index in [1.165, 1.54) is 24.3 Å². The number of phenolic OH excluding ortho intramolecular Hbond substituents is 4. The Morgan fingerprint density at radius 2 is 1.55 bits per heavy atom. The molecule has 116 valence electrons. The fourth-order valence-electron chi connectivity index (χ4n) is 2.52. The van der Waals surface area contributed by atoms with Crippen molar-refractivity contribution in [3.63, 3.8) is 0 Å². The van der Waals surface area contributed by atoms with Crippen LogP contribution < -0.4 is 4.74 Å². The second-order valence-electron chi connectivity index (χ2n) is 5.10. The molecule has 0 unspecified atom stereocenters. The van der Waals surface area contributed by atoms with Crippen molar-refractivity contribution in [1.82, 2.24) is 0 Å². The number of fused-ring (bicyclic) bond motifs is 1. The molecule has 1 aliphatic rings. The fourth-order valence-corrected chi connectivity index (χ4v) is 2.52. The van der Waals surface area contributed by atoms with Gasteiger partial charge in [-0.05, 0) is 17.7 Å². The van der Waals surface area contributed by atoms with Gasteiger partial charge in [-0.2, -0.15) is 0 Å². The molecular formula is C15H14O7. The van der Waals surface area contributed by atoms with Crippen LogP contribution in [-0.2, 0) is 0 Å². The third-order valence-electron chi connectivity index (χ3n) is 3.62. The van der Waals surface area contributed by atoms with Crippen molar-refractivity contribution >= 4 is 0 Å². The van der Waals surface area contributed by atoms with E-state index in [2.05, 4.69) is 0 Å². The molecule has 0 saturated carbocycles. The Labute approximate surface area is 124 Å². The standard InChI is InChI=1S/C15H14O7/c16-7-4-10(19)12-11(5-7)22-15(14(21)13(12)20)6-1-2-8(17)9(18)3-6/h1-5,13-21H/t13-,14-,15+/m1/s1. The van der Waals surface area contributed by atoms with Crippen molar-refractivity contribution in [3.8, 4) is 28.7 Å². The lowest BCUT2D eigenvalue weighted by atomic mass is 9.91. The zero-order valence-corrected chi connectivity index (χ0v) is 11.2. The first kappa shape index (κ1) is 14.3. The first-order valence-electron chi connectivity index (χ1n) is 6.49. The number of aliphatic hydroxyl groups excluding tert-OH is 2. The molecule has 0 amide bonds. The van der Waals surface area contributed by atoms with Crippen molar-refractivity contribution in [3.05, 3.63) is 41.5 Å². The molecule has 1 heterocycles. The molecule has 3 atom stereocenters. The van der Waals surface area contributed by atoms with Gasteiger partial charge in [-0.25, -0.2) is 0 Å². The summed E-state index contributed by atoms with van der Waals surface area (Å²) in [4.78, 5) is 0. The van der Waals surface area contributed by atoms with Crippen LogP contribution in [0.2, 0.25) is 0 Å². The zero-order valence-electron chi connectivity index (χ0n) is 11.2. The van der Waals surface area contributed by atoms with Crippen LogP contribution in [0, 0.1) is 0 Å². The van der Waals surface area contributed by atoms with Gasteiger partial charge in [-0.3, -0.25) is 0 Å². The van der Waals surface area contributed by atoms with Gasteiger partial charge in [0.1, 0.15) is 29.5 Å². The summed E-state index contributed by atoms with van der Waals surface area (Å²) in [7, 11) is 0. The van der Waals surface area contributed by atoms with Crippen molar-refractivity contribution in [1.29, 1.82) is 0 Å². The van der Waals surface area contributed by atoms with E-state index >= 15 is 0 Å². The topological polar surface area (TPSA) is 131 Å². The van der Waals surface area contributed by atoms with E-state index in [9.17, 15) is 30.6 Å². The summed E-state index contributed by atoms with van der Waals surface area (Å²) in [6.07, 6.45) is -3.90. The van der Waals surface area contributed by atoms with E-state index in [1.54, 1.807) is 0 Å². The SMILES string of the molecule is Oc1cc(O)c2c(c1)O[C@@H](c1ccc(O)c(O)c1)[C@H](O)[C@@H]2O. The van der Waals surface area contributed by atoms with Crippen LogP contribution in [0.4, 0.5) is 0 Å². The molecule has 7 nitrogen and oxygen atoms in total. The van der Waals surface area contributed by atoms with Gasteiger partial charge in [0.05, 0.1) is 5.56 Å². The van der Waals surface area contributed by atoms with Crippen LogP contribution in [0.1, 0.15) is 23.3 Å². The van der Waals surface area contributed by atoms with Crippen molar-refractivity contribution in [2.24, 2.45) is 0 Å². The summed E-state index contributed by atoms with van der Waals surface area (Å²) in [5.74, 6) is -1.36. The summed E-state index contributed by atoms with van der Waals surface area (Å²) in [5.41, 5.74) is 0.292. The number of benzene rings is 2. The molecule has 0 aliphatic carbocycles. The highest BCUT2D eigenvalue weighted by molar-refractivity contribution is 5.53. The van der Waals surface area contributed by atoms with E-state index in [4.69, 9.17) is 4.74 Å². The number of phenols is 4. The molecule has 22 heavy (non-hydrogen) atoms. The van der Waals surface area contributed by atoms with Crippen LogP contribution >= 0.6 is 0 Å². The van der Waals surface area contributed by atoms with Gasteiger partial charge < -0.3 is 35.4 Å². The van der Waals surface area contributed by atoms with E-state index in [1.807, 2.05) is 0 Å². The van der Waals surface area contributed by atoms with Gasteiger partial charge >= 0.3 is 0 Å². The lowest BCUT2D eigenvalue weighted by Crippen LogP contribution is -2.34.